The molecule has 0 amide bonds. The van der Waals surface area contributed by atoms with Crippen molar-refractivity contribution in [2.24, 2.45) is 14.1 Å². The molecule has 0 unspecified atom stereocenters. The predicted molar refractivity (Wildman–Crippen MR) is 112 cm³/mol. The van der Waals surface area contributed by atoms with Crippen LogP contribution in [0.3, 0.4) is 0 Å². The smallest absolute Gasteiger partial charge is 0.354 e. The van der Waals surface area contributed by atoms with Gasteiger partial charge >= 0.3 is 5.97 Å². The van der Waals surface area contributed by atoms with E-state index in [4.69, 9.17) is 34.8 Å². The molecule has 2 heterocycles. The third kappa shape index (κ3) is 6.08. The molecule has 24 heavy (non-hydrogen) atoms. The summed E-state index contributed by atoms with van der Waals surface area (Å²) in [5.74, 6) is -0.807. The first-order chi connectivity index (χ1) is 11.0. The van der Waals surface area contributed by atoms with Gasteiger partial charge in [-0.2, -0.15) is 0 Å². The summed E-state index contributed by atoms with van der Waals surface area (Å²) in [5, 5.41) is 0. The monoisotopic (exact) mass is 616 g/mol. The van der Waals surface area contributed by atoms with Gasteiger partial charge in [0.15, 0.2) is 0 Å². The molecular weight excluding hydrogens is 604 g/mol. The predicted octanol–water partition coefficient (Wildman–Crippen LogP) is 4.60. The van der Waals surface area contributed by atoms with Crippen molar-refractivity contribution in [2.75, 3.05) is 7.11 Å². The van der Waals surface area contributed by atoms with E-state index in [0.29, 0.717) is 11.4 Å². The van der Waals surface area contributed by atoms with Gasteiger partial charge in [0.1, 0.15) is 5.69 Å². The minimum Gasteiger partial charge on any atom is -0.464 e. The molecule has 0 aliphatic carbocycles. The fourth-order valence-electron chi connectivity index (χ4n) is 1.73. The number of hydrogen-bond donors (Lipinski definition) is 0. The second-order valence-corrected chi connectivity index (χ2v) is 9.40. The Hall–Kier alpha value is 0.0300. The molecule has 5 nitrogen and oxygen atoms in total. The highest BCUT2D eigenvalue weighted by Gasteiger charge is 2.33. The molecule has 10 heteroatoms. The summed E-state index contributed by atoms with van der Waals surface area (Å²) >= 11 is 20.6. The van der Waals surface area contributed by atoms with E-state index in [2.05, 4.69) is 49.9 Å². The number of carbonyl (C=O) groups excluding carboxylic acids is 2. The second-order valence-electron chi connectivity index (χ2n) is 4.63. The summed E-state index contributed by atoms with van der Waals surface area (Å²) in [7, 11) is 4.92. The summed E-state index contributed by atoms with van der Waals surface area (Å²) in [4.78, 5) is 22.5. The number of carbonyl (C=O) groups is 2. The van der Waals surface area contributed by atoms with Crippen LogP contribution in [0.4, 0.5) is 0 Å². The lowest BCUT2D eigenvalue weighted by molar-refractivity contribution is 0.0590. The molecule has 0 atom stereocenters. The number of esters is 1. The minimum absolute atomic E-state index is 0.296. The van der Waals surface area contributed by atoms with Gasteiger partial charge in [0.05, 0.1) is 12.8 Å². The van der Waals surface area contributed by atoms with Crippen molar-refractivity contribution in [3.63, 3.8) is 0 Å². The molecule has 132 valence electrons. The molecule has 2 aromatic heterocycles. The highest BCUT2D eigenvalue weighted by molar-refractivity contribution is 14.1. The lowest BCUT2D eigenvalue weighted by Gasteiger charge is -2.09. The Bertz CT molecular complexity index is 751. The largest absolute Gasteiger partial charge is 0.464 e. The topological polar surface area (TPSA) is 53.2 Å². The number of halogens is 5. The number of rotatable bonds is 2. The van der Waals surface area contributed by atoms with Crippen molar-refractivity contribution in [3.05, 3.63) is 43.1 Å². The number of Topliss-reactive ketones (excluding diaryl/α,β-unsaturated/α-hetero) is 1. The number of aromatic nitrogens is 2. The van der Waals surface area contributed by atoms with Crippen LogP contribution in [0.5, 0.6) is 0 Å². The van der Waals surface area contributed by atoms with Gasteiger partial charge in [0.25, 0.3) is 3.79 Å². The number of aryl methyl sites for hydroxylation is 2. The van der Waals surface area contributed by atoms with E-state index in [1.165, 1.54) is 7.11 Å². The van der Waals surface area contributed by atoms with Crippen LogP contribution in [-0.2, 0) is 18.8 Å². The molecule has 0 aromatic carbocycles. The Morgan fingerprint density at radius 2 is 1.42 bits per heavy atom. The van der Waals surface area contributed by atoms with Gasteiger partial charge < -0.3 is 13.9 Å². The normalized spacial score (nSPS) is 10.8. The molecule has 0 N–H and O–H groups in total. The quantitative estimate of drug-likeness (QED) is 0.215. The number of alkyl halides is 3. The van der Waals surface area contributed by atoms with Crippen LogP contribution < -0.4 is 0 Å². The average Bonchev–Trinajstić information content (AvgIpc) is 2.98. The maximum atomic E-state index is 11.5. The van der Waals surface area contributed by atoms with E-state index < -0.39 is 9.58 Å². The third-order valence-electron chi connectivity index (χ3n) is 2.83. The zero-order chi connectivity index (χ0) is 18.7. The zero-order valence-electron chi connectivity index (χ0n) is 12.8. The highest BCUT2D eigenvalue weighted by atomic mass is 127. The van der Waals surface area contributed by atoms with Crippen molar-refractivity contribution < 1.29 is 14.3 Å². The fourth-order valence-corrected chi connectivity index (χ4v) is 3.44. The van der Waals surface area contributed by atoms with Crippen LogP contribution in [0.15, 0.2) is 24.5 Å². The Morgan fingerprint density at radius 1 is 1.00 bits per heavy atom. The van der Waals surface area contributed by atoms with Gasteiger partial charge in [-0.05, 0) is 57.3 Å². The van der Waals surface area contributed by atoms with Crippen LogP contribution in [0.25, 0.3) is 0 Å². The van der Waals surface area contributed by atoms with Crippen molar-refractivity contribution in [1.82, 2.24) is 9.13 Å². The number of methoxy groups -OCH3 is 1. The molecule has 0 radical (unpaired) electrons. The zero-order valence-corrected chi connectivity index (χ0v) is 19.4. The summed E-state index contributed by atoms with van der Waals surface area (Å²) in [6.45, 7) is 0. The summed E-state index contributed by atoms with van der Waals surface area (Å²) < 4.78 is 8.02. The van der Waals surface area contributed by atoms with Crippen LogP contribution in [-0.4, -0.2) is 31.8 Å². The average molecular weight is 617 g/mol. The molecule has 0 spiro atoms. The molecule has 0 bridgehead atoms. The maximum absolute atomic E-state index is 11.5. The maximum Gasteiger partial charge on any atom is 0.354 e. The number of hydrogen-bond acceptors (Lipinski definition) is 3. The number of nitrogens with zero attached hydrogens (tertiary/aromatic N) is 2. The van der Waals surface area contributed by atoms with Crippen LogP contribution in [0.2, 0.25) is 0 Å². The molecule has 2 rings (SSSR count). The van der Waals surface area contributed by atoms with Gasteiger partial charge in [-0.15, -0.1) is 0 Å². The first kappa shape index (κ1) is 22.1. The summed E-state index contributed by atoms with van der Waals surface area (Å²) in [6, 6.07) is 3.46. The van der Waals surface area contributed by atoms with Crippen LogP contribution in [0.1, 0.15) is 21.0 Å². The molecule has 0 saturated carbocycles. The summed E-state index contributed by atoms with van der Waals surface area (Å²) in [5.41, 5.74) is 0.973. The van der Waals surface area contributed by atoms with Crippen LogP contribution in [0, 0.1) is 7.14 Å². The lowest BCUT2D eigenvalue weighted by atomic mass is 10.3. The molecule has 2 aromatic rings. The van der Waals surface area contributed by atoms with Crippen molar-refractivity contribution in [3.8, 4) is 0 Å². The molecule has 0 aliphatic rings. The molecule has 0 aliphatic heterocycles. The van der Waals surface area contributed by atoms with Gasteiger partial charge in [-0.1, -0.05) is 34.8 Å². The van der Waals surface area contributed by atoms with Gasteiger partial charge in [0.2, 0.25) is 5.78 Å². The molecular formula is C14H13Cl3I2N2O3. The fraction of sp³-hybridized carbons (Fsp3) is 0.286. The van der Waals surface area contributed by atoms with Gasteiger partial charge in [0, 0.05) is 33.6 Å². The first-order valence-corrected chi connectivity index (χ1v) is 9.60. The number of ether oxygens (including phenoxy) is 1. The van der Waals surface area contributed by atoms with E-state index in [9.17, 15) is 9.59 Å². The van der Waals surface area contributed by atoms with Crippen molar-refractivity contribution in [1.29, 1.82) is 0 Å². The highest BCUT2D eigenvalue weighted by Crippen LogP contribution is 2.30. The van der Waals surface area contributed by atoms with Gasteiger partial charge in [-0.3, -0.25) is 4.79 Å². The Labute approximate surface area is 181 Å². The van der Waals surface area contributed by atoms with E-state index in [1.54, 1.807) is 34.5 Å². The number of ketones is 1. The second kappa shape index (κ2) is 9.11. The first-order valence-electron chi connectivity index (χ1n) is 6.31. The Morgan fingerprint density at radius 3 is 1.71 bits per heavy atom. The third-order valence-corrected chi connectivity index (χ3v) is 4.52. The van der Waals surface area contributed by atoms with E-state index in [1.807, 2.05) is 13.2 Å². The SMILES string of the molecule is COC(=O)c1cc(I)cn1C.Cn1cc(I)cc1C(=O)C(Cl)(Cl)Cl. The Balaban J connectivity index is 0.000000243. The molecule has 0 fully saturated rings. The summed E-state index contributed by atoms with van der Waals surface area (Å²) in [6.07, 6.45) is 3.65. The minimum atomic E-state index is -1.88. The molecule has 0 saturated heterocycles. The van der Waals surface area contributed by atoms with Crippen LogP contribution >= 0.6 is 80.0 Å². The lowest BCUT2D eigenvalue weighted by Crippen LogP contribution is -2.21. The van der Waals surface area contributed by atoms with Crippen molar-refractivity contribution in [2.45, 2.75) is 3.79 Å². The van der Waals surface area contributed by atoms with E-state index in [0.717, 1.165) is 7.14 Å². The standard InChI is InChI=1S/C7H5Cl3INO.C7H8INO2/c1-12-3-4(11)2-5(12)6(13)7(8,9)10;1-9-4-5(8)3-6(9)7(10)11-2/h2-3H,1H3;3-4H,1-2H3. The van der Waals surface area contributed by atoms with E-state index >= 15 is 0 Å². The van der Waals surface area contributed by atoms with Gasteiger partial charge in [-0.25, -0.2) is 4.79 Å². The van der Waals surface area contributed by atoms with Crippen molar-refractivity contribution >= 4 is 91.7 Å². The Kier molecular flexibility index (Phi) is 8.38. The van der Waals surface area contributed by atoms with E-state index in [-0.39, 0.29) is 5.97 Å².